The first-order valence-electron chi connectivity index (χ1n) is 8.64. The second kappa shape index (κ2) is 6.98. The number of carbonyl (C=O) groups excluding carboxylic acids is 1. The van der Waals surface area contributed by atoms with Gasteiger partial charge in [-0.05, 0) is 18.4 Å². The van der Waals surface area contributed by atoms with Gasteiger partial charge in [0.15, 0.2) is 5.96 Å². The number of sulfonamides is 1. The van der Waals surface area contributed by atoms with E-state index in [1.165, 1.54) is 9.21 Å². The van der Waals surface area contributed by atoms with Crippen LogP contribution in [0.25, 0.3) is 0 Å². The van der Waals surface area contributed by atoms with Crippen molar-refractivity contribution in [1.82, 2.24) is 9.21 Å². The Kier molecular flexibility index (Phi) is 5.05. The maximum atomic E-state index is 12.8. The van der Waals surface area contributed by atoms with Crippen LogP contribution in [0.15, 0.2) is 35.3 Å². The third-order valence-electron chi connectivity index (χ3n) is 5.15. The topological polar surface area (TPSA) is 122 Å². The van der Waals surface area contributed by atoms with Crippen LogP contribution >= 0.6 is 0 Å². The molecule has 142 valence electrons. The third-order valence-corrected chi connectivity index (χ3v) is 6.97. The summed E-state index contributed by atoms with van der Waals surface area (Å²) in [6, 6.07) is 9.08. The van der Waals surface area contributed by atoms with Crippen molar-refractivity contribution in [3.8, 4) is 0 Å². The van der Waals surface area contributed by atoms with Crippen molar-refractivity contribution in [3.05, 3.63) is 35.9 Å². The predicted molar refractivity (Wildman–Crippen MR) is 99.3 cm³/mol. The van der Waals surface area contributed by atoms with Gasteiger partial charge in [-0.3, -0.25) is 9.69 Å². The molecule has 1 amide bonds. The summed E-state index contributed by atoms with van der Waals surface area (Å²) in [6.45, 7) is 0.703. The number of hydrogen-bond donors (Lipinski definition) is 2. The summed E-state index contributed by atoms with van der Waals surface area (Å²) in [5.74, 6) is -0.430. The molecule has 2 aliphatic rings. The molecule has 1 unspecified atom stereocenters. The third kappa shape index (κ3) is 3.74. The molecule has 1 saturated heterocycles. The van der Waals surface area contributed by atoms with Crippen LogP contribution in [-0.4, -0.2) is 55.3 Å². The van der Waals surface area contributed by atoms with Crippen molar-refractivity contribution in [2.75, 3.05) is 20.1 Å². The number of amides is 1. The first-order chi connectivity index (χ1) is 12.2. The summed E-state index contributed by atoms with van der Waals surface area (Å²) >= 11 is 0. The number of benzene rings is 1. The Morgan fingerprint density at radius 1 is 1.31 bits per heavy atom. The Bertz CT molecular complexity index is 811. The molecule has 0 aromatic heterocycles. The molecule has 0 radical (unpaired) electrons. The standard InChI is InChI=1S/C17H25N5O3S/c1-21-15(23)10-17(19,20-16(21)18)14-8-5-9-22(11-14)26(24,25)12-13-6-3-2-4-7-13/h2-4,6-7,14H,5,8-12,19H2,1H3,(H2,18,20)/t14?,17-/m0/s1. The summed E-state index contributed by atoms with van der Waals surface area (Å²) in [5, 5.41) is 0. The van der Waals surface area contributed by atoms with Crippen LogP contribution in [0.5, 0.6) is 0 Å². The number of carbonyl (C=O) groups is 1. The summed E-state index contributed by atoms with van der Waals surface area (Å²) in [5.41, 5.74) is 11.8. The van der Waals surface area contributed by atoms with E-state index in [1.807, 2.05) is 18.2 Å². The van der Waals surface area contributed by atoms with Crippen molar-refractivity contribution in [1.29, 1.82) is 0 Å². The fourth-order valence-corrected chi connectivity index (χ4v) is 5.14. The van der Waals surface area contributed by atoms with Crippen LogP contribution in [0.1, 0.15) is 24.8 Å². The molecule has 8 nitrogen and oxygen atoms in total. The molecule has 2 atom stereocenters. The summed E-state index contributed by atoms with van der Waals surface area (Å²) < 4.78 is 27.1. The average molecular weight is 379 g/mol. The average Bonchev–Trinajstić information content (AvgIpc) is 2.60. The molecule has 0 aliphatic carbocycles. The second-order valence-corrected chi connectivity index (χ2v) is 9.00. The zero-order valence-electron chi connectivity index (χ0n) is 14.8. The number of hydrogen-bond acceptors (Lipinski definition) is 6. The Balaban J connectivity index is 1.78. The number of nitrogens with zero attached hydrogens (tertiary/aromatic N) is 3. The highest BCUT2D eigenvalue weighted by Crippen LogP contribution is 2.33. The smallest absolute Gasteiger partial charge is 0.232 e. The predicted octanol–water partition coefficient (Wildman–Crippen LogP) is 0.0602. The van der Waals surface area contributed by atoms with Gasteiger partial charge >= 0.3 is 0 Å². The molecule has 1 aromatic carbocycles. The lowest BCUT2D eigenvalue weighted by molar-refractivity contribution is -0.129. The SMILES string of the molecule is CN1C(=O)C[C@@](N)(C2CCCN(S(=O)(=O)Cc3ccccc3)C2)N=C1N. The van der Waals surface area contributed by atoms with Gasteiger partial charge in [-0.2, -0.15) is 0 Å². The Labute approximate surface area is 153 Å². The summed E-state index contributed by atoms with van der Waals surface area (Å²) in [7, 11) is -1.92. The fraction of sp³-hybridized carbons (Fsp3) is 0.529. The molecule has 26 heavy (non-hydrogen) atoms. The minimum atomic E-state index is -3.47. The number of rotatable bonds is 4. The van der Waals surface area contributed by atoms with Crippen LogP contribution in [0.2, 0.25) is 0 Å². The van der Waals surface area contributed by atoms with Gasteiger partial charge in [0, 0.05) is 26.1 Å². The van der Waals surface area contributed by atoms with E-state index in [0.29, 0.717) is 19.4 Å². The number of aliphatic imine (C=N–C) groups is 1. The van der Waals surface area contributed by atoms with Gasteiger partial charge < -0.3 is 11.5 Å². The van der Waals surface area contributed by atoms with Crippen molar-refractivity contribution in [2.24, 2.45) is 22.4 Å². The van der Waals surface area contributed by atoms with Gasteiger partial charge in [-0.1, -0.05) is 30.3 Å². The molecule has 1 aromatic rings. The first-order valence-corrected chi connectivity index (χ1v) is 10.2. The fourth-order valence-electron chi connectivity index (χ4n) is 3.53. The van der Waals surface area contributed by atoms with Gasteiger partial charge in [0.1, 0.15) is 5.66 Å². The summed E-state index contributed by atoms with van der Waals surface area (Å²) in [4.78, 5) is 17.7. The Hall–Kier alpha value is -1.97. The number of piperidine rings is 1. The zero-order valence-corrected chi connectivity index (χ0v) is 15.7. The molecule has 0 spiro atoms. The lowest BCUT2D eigenvalue weighted by Gasteiger charge is -2.42. The Morgan fingerprint density at radius 2 is 2.00 bits per heavy atom. The highest BCUT2D eigenvalue weighted by atomic mass is 32.2. The van der Waals surface area contributed by atoms with Crippen molar-refractivity contribution >= 4 is 21.9 Å². The minimum absolute atomic E-state index is 0.0292. The van der Waals surface area contributed by atoms with Crippen molar-refractivity contribution in [2.45, 2.75) is 30.7 Å². The zero-order chi connectivity index (χ0) is 18.9. The van der Waals surface area contributed by atoms with E-state index in [9.17, 15) is 13.2 Å². The minimum Gasteiger partial charge on any atom is -0.369 e. The summed E-state index contributed by atoms with van der Waals surface area (Å²) in [6.07, 6.45) is 1.42. The van der Waals surface area contributed by atoms with E-state index < -0.39 is 15.7 Å². The maximum Gasteiger partial charge on any atom is 0.232 e. The van der Waals surface area contributed by atoms with E-state index in [0.717, 1.165) is 5.56 Å². The molecule has 3 rings (SSSR count). The molecule has 2 heterocycles. The van der Waals surface area contributed by atoms with Crippen LogP contribution in [0.3, 0.4) is 0 Å². The molecule has 1 fully saturated rings. The van der Waals surface area contributed by atoms with Crippen LogP contribution in [0, 0.1) is 5.92 Å². The molecule has 0 bridgehead atoms. The van der Waals surface area contributed by atoms with E-state index in [4.69, 9.17) is 11.5 Å². The van der Waals surface area contributed by atoms with Gasteiger partial charge in [0.25, 0.3) is 0 Å². The lowest BCUT2D eigenvalue weighted by Crippen LogP contribution is -2.60. The first kappa shape index (κ1) is 18.8. The van der Waals surface area contributed by atoms with Crippen LogP contribution in [0.4, 0.5) is 0 Å². The monoisotopic (exact) mass is 379 g/mol. The van der Waals surface area contributed by atoms with Gasteiger partial charge in [-0.15, -0.1) is 0 Å². The molecule has 2 aliphatic heterocycles. The number of guanidine groups is 1. The normalized spacial score (nSPS) is 28.1. The number of nitrogens with two attached hydrogens (primary N) is 2. The van der Waals surface area contributed by atoms with Crippen LogP contribution < -0.4 is 11.5 Å². The molecule has 0 saturated carbocycles. The van der Waals surface area contributed by atoms with Gasteiger partial charge in [0.2, 0.25) is 15.9 Å². The second-order valence-electron chi connectivity index (χ2n) is 7.03. The molecular formula is C17H25N5O3S. The lowest BCUT2D eigenvalue weighted by atomic mass is 9.83. The highest BCUT2D eigenvalue weighted by Gasteiger charge is 2.44. The van der Waals surface area contributed by atoms with Gasteiger partial charge in [0.05, 0.1) is 12.2 Å². The molecule has 9 heteroatoms. The quantitative estimate of drug-likeness (QED) is 0.766. The Morgan fingerprint density at radius 3 is 2.65 bits per heavy atom. The van der Waals surface area contributed by atoms with E-state index in [2.05, 4.69) is 4.99 Å². The van der Waals surface area contributed by atoms with Crippen molar-refractivity contribution < 1.29 is 13.2 Å². The van der Waals surface area contributed by atoms with Crippen molar-refractivity contribution in [3.63, 3.8) is 0 Å². The van der Waals surface area contributed by atoms with E-state index in [1.54, 1.807) is 19.2 Å². The maximum absolute atomic E-state index is 12.8. The van der Waals surface area contributed by atoms with Gasteiger partial charge in [-0.25, -0.2) is 17.7 Å². The van der Waals surface area contributed by atoms with E-state index in [-0.39, 0.29) is 36.5 Å². The molecular weight excluding hydrogens is 354 g/mol. The molecule has 4 N–H and O–H groups in total. The van der Waals surface area contributed by atoms with Crippen LogP contribution in [-0.2, 0) is 20.6 Å². The largest absolute Gasteiger partial charge is 0.369 e. The highest BCUT2D eigenvalue weighted by molar-refractivity contribution is 7.88. The van der Waals surface area contributed by atoms with E-state index >= 15 is 0 Å².